The van der Waals surface area contributed by atoms with E-state index in [-0.39, 0.29) is 0 Å². The molecule has 6 heteroatoms. The minimum absolute atomic E-state index is 0.491. The summed E-state index contributed by atoms with van der Waals surface area (Å²) in [5.74, 6) is 1.80. The zero-order valence-corrected chi connectivity index (χ0v) is 16.0. The number of hydrogen-bond acceptors (Lipinski definition) is 5. The zero-order valence-electron chi connectivity index (χ0n) is 15.2. The van der Waals surface area contributed by atoms with Crippen LogP contribution in [-0.2, 0) is 6.42 Å². The molecule has 3 fully saturated rings. The molecular weight excluding hydrogens is 356 g/mol. The average Bonchev–Trinajstić information content (AvgIpc) is 3.47. The zero-order chi connectivity index (χ0) is 17.8. The van der Waals surface area contributed by atoms with Crippen LogP contribution < -0.4 is 4.74 Å². The fourth-order valence-electron chi connectivity index (χ4n) is 4.76. The first-order valence-electron chi connectivity index (χ1n) is 9.84. The van der Waals surface area contributed by atoms with Crippen LogP contribution >= 0.6 is 11.3 Å². The summed E-state index contributed by atoms with van der Waals surface area (Å²) in [7, 11) is 0. The second-order valence-electron chi connectivity index (χ2n) is 7.87. The molecule has 0 amide bonds. The number of benzene rings is 1. The number of hydrogen-bond donors (Lipinski definition) is 0. The Hall–Kier alpha value is -2.18. The SMILES string of the molecule is c1cc2c(cc1-c1ccc(-c3cn([C@H]4CN5CCC4CC5)nn3)s1)CCO2. The lowest BCUT2D eigenvalue weighted by atomic mass is 9.84. The second-order valence-corrected chi connectivity index (χ2v) is 8.96. The molecular formula is C21H22N4OS. The van der Waals surface area contributed by atoms with Crippen molar-refractivity contribution in [3.63, 3.8) is 0 Å². The maximum atomic E-state index is 5.62. The van der Waals surface area contributed by atoms with E-state index in [1.807, 2.05) is 0 Å². The third-order valence-electron chi connectivity index (χ3n) is 6.30. The van der Waals surface area contributed by atoms with Crippen LogP contribution in [0.1, 0.15) is 24.4 Å². The van der Waals surface area contributed by atoms with Crippen molar-refractivity contribution >= 4 is 11.3 Å². The molecule has 0 aliphatic carbocycles. The van der Waals surface area contributed by atoms with Crippen LogP contribution in [0.4, 0.5) is 0 Å². The quantitative estimate of drug-likeness (QED) is 0.694. The van der Waals surface area contributed by atoms with Gasteiger partial charge < -0.3 is 9.64 Å². The van der Waals surface area contributed by atoms with E-state index in [1.54, 1.807) is 11.3 Å². The molecule has 4 aliphatic heterocycles. The first-order chi connectivity index (χ1) is 13.3. The van der Waals surface area contributed by atoms with Gasteiger partial charge in [-0.05, 0) is 73.3 Å². The monoisotopic (exact) mass is 378 g/mol. The van der Waals surface area contributed by atoms with Crippen molar-refractivity contribution < 1.29 is 4.74 Å². The van der Waals surface area contributed by atoms with Crippen LogP contribution in [0.15, 0.2) is 36.5 Å². The number of thiophene rings is 1. The topological polar surface area (TPSA) is 43.2 Å². The molecule has 6 heterocycles. The number of nitrogens with zero attached hydrogens (tertiary/aromatic N) is 4. The Bertz CT molecular complexity index is 986. The molecule has 0 saturated carbocycles. The molecule has 3 saturated heterocycles. The van der Waals surface area contributed by atoms with Gasteiger partial charge in [0.1, 0.15) is 11.4 Å². The van der Waals surface area contributed by atoms with Crippen molar-refractivity contribution in [3.8, 4) is 26.8 Å². The van der Waals surface area contributed by atoms with Gasteiger partial charge in [-0.3, -0.25) is 0 Å². The van der Waals surface area contributed by atoms with Gasteiger partial charge >= 0.3 is 0 Å². The van der Waals surface area contributed by atoms with E-state index >= 15 is 0 Å². The molecule has 2 aromatic heterocycles. The van der Waals surface area contributed by atoms with E-state index in [9.17, 15) is 0 Å². The maximum absolute atomic E-state index is 5.62. The molecule has 0 radical (unpaired) electrons. The van der Waals surface area contributed by atoms with Crippen LogP contribution in [-0.4, -0.2) is 46.1 Å². The van der Waals surface area contributed by atoms with Gasteiger partial charge in [0.05, 0.1) is 23.7 Å². The fourth-order valence-corrected chi connectivity index (χ4v) is 5.71. The molecule has 0 spiro atoms. The number of fused-ring (bicyclic) bond motifs is 4. The summed E-state index contributed by atoms with van der Waals surface area (Å²) >= 11 is 1.79. The minimum atomic E-state index is 0.491. The highest BCUT2D eigenvalue weighted by Crippen LogP contribution is 2.38. The molecule has 0 N–H and O–H groups in total. The van der Waals surface area contributed by atoms with Crippen molar-refractivity contribution in [1.82, 2.24) is 19.9 Å². The van der Waals surface area contributed by atoms with E-state index in [0.717, 1.165) is 36.9 Å². The van der Waals surface area contributed by atoms with Crippen molar-refractivity contribution in [2.24, 2.45) is 5.92 Å². The van der Waals surface area contributed by atoms with Gasteiger partial charge in [0.25, 0.3) is 0 Å². The number of rotatable bonds is 3. The van der Waals surface area contributed by atoms with Crippen molar-refractivity contribution in [1.29, 1.82) is 0 Å². The van der Waals surface area contributed by atoms with Crippen molar-refractivity contribution in [2.75, 3.05) is 26.2 Å². The lowest BCUT2D eigenvalue weighted by Crippen LogP contribution is -2.48. The van der Waals surface area contributed by atoms with Crippen molar-refractivity contribution in [3.05, 3.63) is 42.1 Å². The van der Waals surface area contributed by atoms with Crippen LogP contribution in [0.25, 0.3) is 21.0 Å². The number of piperidine rings is 3. The maximum Gasteiger partial charge on any atom is 0.123 e. The van der Waals surface area contributed by atoms with Gasteiger partial charge in [0.2, 0.25) is 0 Å². The molecule has 138 valence electrons. The lowest BCUT2D eigenvalue weighted by molar-refractivity contribution is 0.0504. The van der Waals surface area contributed by atoms with E-state index in [4.69, 9.17) is 4.74 Å². The summed E-state index contributed by atoms with van der Waals surface area (Å²) in [6.07, 6.45) is 5.75. The molecule has 27 heavy (non-hydrogen) atoms. The van der Waals surface area contributed by atoms with Gasteiger partial charge in [0.15, 0.2) is 0 Å². The molecule has 1 atom stereocenters. The Labute approximate surface area is 162 Å². The Morgan fingerprint density at radius 1 is 1.07 bits per heavy atom. The summed E-state index contributed by atoms with van der Waals surface area (Å²) in [6, 6.07) is 11.4. The number of ether oxygens (including phenoxy) is 1. The van der Waals surface area contributed by atoms with Crippen LogP contribution in [0.3, 0.4) is 0 Å². The third-order valence-corrected chi connectivity index (χ3v) is 7.46. The standard InChI is InChI=1S/C21H22N4OS/c1-2-19-15(7-10-26-19)11-16(1)20-3-4-21(27-20)17-12-25(23-22-17)18-13-24-8-5-14(18)6-9-24/h1-4,11-12,14,18H,5-10,13H2/t18-/m0/s1. The predicted molar refractivity (Wildman–Crippen MR) is 106 cm³/mol. The highest BCUT2D eigenvalue weighted by molar-refractivity contribution is 7.18. The third kappa shape index (κ3) is 2.70. The van der Waals surface area contributed by atoms with E-state index in [2.05, 4.69) is 56.4 Å². The normalized spacial score (nSPS) is 26.1. The lowest BCUT2D eigenvalue weighted by Gasteiger charge is -2.44. The average molecular weight is 379 g/mol. The first-order valence-corrected chi connectivity index (χ1v) is 10.7. The summed E-state index contributed by atoms with van der Waals surface area (Å²) in [4.78, 5) is 5.03. The Balaban J connectivity index is 1.27. The predicted octanol–water partition coefficient (Wildman–Crippen LogP) is 3.88. The van der Waals surface area contributed by atoms with Crippen molar-refractivity contribution in [2.45, 2.75) is 25.3 Å². The molecule has 3 aromatic rings. The van der Waals surface area contributed by atoms with Crippen LogP contribution in [0.5, 0.6) is 5.75 Å². The van der Waals surface area contributed by atoms with Crippen LogP contribution in [0, 0.1) is 5.92 Å². The molecule has 7 rings (SSSR count). The summed E-state index contributed by atoms with van der Waals surface area (Å²) < 4.78 is 7.75. The minimum Gasteiger partial charge on any atom is -0.493 e. The molecule has 5 nitrogen and oxygen atoms in total. The van der Waals surface area contributed by atoms with Crippen LogP contribution in [0.2, 0.25) is 0 Å². The Morgan fingerprint density at radius 2 is 1.96 bits per heavy atom. The molecule has 0 unspecified atom stereocenters. The smallest absolute Gasteiger partial charge is 0.123 e. The molecule has 4 aliphatic rings. The second kappa shape index (κ2) is 6.17. The van der Waals surface area contributed by atoms with E-state index in [1.165, 1.54) is 46.8 Å². The summed E-state index contributed by atoms with van der Waals surface area (Å²) in [5.41, 5.74) is 3.57. The van der Waals surface area contributed by atoms with E-state index in [0.29, 0.717) is 6.04 Å². The Kier molecular flexibility index (Phi) is 3.62. The molecule has 1 aromatic carbocycles. The highest BCUT2D eigenvalue weighted by Gasteiger charge is 2.35. The Morgan fingerprint density at radius 3 is 2.81 bits per heavy atom. The van der Waals surface area contributed by atoms with Gasteiger partial charge in [-0.25, -0.2) is 4.68 Å². The van der Waals surface area contributed by atoms with E-state index < -0.39 is 0 Å². The van der Waals surface area contributed by atoms with Gasteiger partial charge in [-0.1, -0.05) is 5.21 Å². The van der Waals surface area contributed by atoms with Gasteiger partial charge in [-0.15, -0.1) is 16.4 Å². The van der Waals surface area contributed by atoms with Gasteiger partial charge in [-0.2, -0.15) is 0 Å². The first kappa shape index (κ1) is 15.8. The largest absolute Gasteiger partial charge is 0.493 e. The highest BCUT2D eigenvalue weighted by atomic mass is 32.1. The fraction of sp³-hybridized carbons (Fsp3) is 0.429. The summed E-state index contributed by atoms with van der Waals surface area (Å²) in [5, 5.41) is 8.99. The molecule has 2 bridgehead atoms. The summed E-state index contributed by atoms with van der Waals surface area (Å²) in [6.45, 7) is 4.43. The number of aromatic nitrogens is 3. The van der Waals surface area contributed by atoms with Gasteiger partial charge in [0, 0.05) is 17.8 Å².